The maximum atomic E-state index is 13.5. The summed E-state index contributed by atoms with van der Waals surface area (Å²) in [7, 11) is 0. The fraction of sp³-hybridized carbons (Fsp3) is 0.455. The second-order valence-electron chi connectivity index (χ2n) is 3.69. The molecule has 0 radical (unpaired) electrons. The SMILES string of the molecule is CC(C)NC(C)c1cccc(Cl)c1F. The van der Waals surface area contributed by atoms with Gasteiger partial charge in [-0.25, -0.2) is 4.39 Å². The molecule has 1 nitrogen and oxygen atoms in total. The number of halogens is 2. The molecule has 0 amide bonds. The van der Waals surface area contributed by atoms with Crippen LogP contribution in [-0.4, -0.2) is 6.04 Å². The van der Waals surface area contributed by atoms with Gasteiger partial charge in [-0.3, -0.25) is 0 Å². The molecule has 78 valence electrons. The Morgan fingerprint density at radius 2 is 1.93 bits per heavy atom. The number of rotatable bonds is 3. The van der Waals surface area contributed by atoms with E-state index in [1.54, 1.807) is 18.2 Å². The summed E-state index contributed by atoms with van der Waals surface area (Å²) in [5.74, 6) is -0.324. The van der Waals surface area contributed by atoms with Crippen molar-refractivity contribution in [2.24, 2.45) is 0 Å². The van der Waals surface area contributed by atoms with Gasteiger partial charge in [0.1, 0.15) is 5.82 Å². The first-order valence-corrected chi connectivity index (χ1v) is 5.10. The van der Waals surface area contributed by atoms with Crippen LogP contribution in [0.4, 0.5) is 4.39 Å². The maximum absolute atomic E-state index is 13.5. The maximum Gasteiger partial charge on any atom is 0.146 e. The van der Waals surface area contributed by atoms with Gasteiger partial charge < -0.3 is 5.32 Å². The summed E-state index contributed by atoms with van der Waals surface area (Å²) < 4.78 is 13.5. The van der Waals surface area contributed by atoms with Gasteiger partial charge >= 0.3 is 0 Å². The Labute approximate surface area is 89.3 Å². The topological polar surface area (TPSA) is 12.0 Å². The molecule has 3 heteroatoms. The molecule has 0 saturated carbocycles. The molecule has 1 aromatic rings. The Bertz CT molecular complexity index is 312. The predicted octanol–water partition coefficient (Wildman–Crippen LogP) is 3.54. The summed E-state index contributed by atoms with van der Waals surface area (Å²) >= 11 is 5.69. The first-order valence-electron chi connectivity index (χ1n) is 4.72. The van der Waals surface area contributed by atoms with Crippen LogP contribution in [0.3, 0.4) is 0 Å². The van der Waals surface area contributed by atoms with Crippen molar-refractivity contribution >= 4 is 11.6 Å². The van der Waals surface area contributed by atoms with Gasteiger partial charge in [0, 0.05) is 17.6 Å². The highest BCUT2D eigenvalue weighted by Crippen LogP contribution is 2.23. The molecule has 1 N–H and O–H groups in total. The third-order valence-corrected chi connectivity index (χ3v) is 2.32. The van der Waals surface area contributed by atoms with Crippen LogP contribution in [-0.2, 0) is 0 Å². The zero-order valence-corrected chi connectivity index (χ0v) is 9.40. The van der Waals surface area contributed by atoms with Crippen molar-refractivity contribution in [1.82, 2.24) is 5.32 Å². The smallest absolute Gasteiger partial charge is 0.146 e. The molecular weight excluding hydrogens is 201 g/mol. The molecule has 1 unspecified atom stereocenters. The summed E-state index contributed by atoms with van der Waals surface area (Å²) in [6, 6.07) is 5.38. The minimum absolute atomic E-state index is 0.0197. The van der Waals surface area contributed by atoms with E-state index in [1.165, 1.54) is 0 Å². The number of hydrogen-bond acceptors (Lipinski definition) is 1. The molecule has 0 aliphatic carbocycles. The average molecular weight is 216 g/mol. The number of benzene rings is 1. The average Bonchev–Trinajstić information content (AvgIpc) is 2.08. The van der Waals surface area contributed by atoms with E-state index in [9.17, 15) is 4.39 Å². The highest BCUT2D eigenvalue weighted by Gasteiger charge is 2.13. The van der Waals surface area contributed by atoms with Crippen LogP contribution >= 0.6 is 11.6 Å². The zero-order chi connectivity index (χ0) is 10.7. The first-order chi connectivity index (χ1) is 6.52. The Hall–Kier alpha value is -0.600. The molecule has 0 saturated heterocycles. The Balaban J connectivity index is 2.89. The second-order valence-corrected chi connectivity index (χ2v) is 4.09. The second kappa shape index (κ2) is 4.76. The van der Waals surface area contributed by atoms with Crippen LogP contribution in [0.25, 0.3) is 0 Å². The van der Waals surface area contributed by atoms with Gasteiger partial charge in [0.15, 0.2) is 0 Å². The lowest BCUT2D eigenvalue weighted by Gasteiger charge is -2.18. The van der Waals surface area contributed by atoms with Crippen molar-refractivity contribution in [2.45, 2.75) is 32.9 Å². The minimum Gasteiger partial charge on any atom is -0.308 e. The van der Waals surface area contributed by atoms with Crippen LogP contribution in [0, 0.1) is 5.82 Å². The summed E-state index contributed by atoms with van der Waals surface area (Å²) in [6.45, 7) is 5.98. The van der Waals surface area contributed by atoms with Crippen molar-refractivity contribution < 1.29 is 4.39 Å². The Kier molecular flexibility index (Phi) is 3.90. The van der Waals surface area contributed by atoms with E-state index in [0.29, 0.717) is 11.6 Å². The standard InChI is InChI=1S/C11H15ClFN/c1-7(2)14-8(3)9-5-4-6-10(12)11(9)13/h4-8,14H,1-3H3. The van der Waals surface area contributed by atoms with E-state index >= 15 is 0 Å². The van der Waals surface area contributed by atoms with E-state index in [4.69, 9.17) is 11.6 Å². The van der Waals surface area contributed by atoms with Gasteiger partial charge in [0.2, 0.25) is 0 Å². The molecule has 0 bridgehead atoms. The zero-order valence-electron chi connectivity index (χ0n) is 8.64. The quantitative estimate of drug-likeness (QED) is 0.814. The molecule has 0 spiro atoms. The summed E-state index contributed by atoms with van der Waals surface area (Å²) in [5.41, 5.74) is 0.617. The van der Waals surface area contributed by atoms with Crippen molar-refractivity contribution in [3.8, 4) is 0 Å². The van der Waals surface area contributed by atoms with E-state index in [1.807, 2.05) is 20.8 Å². The fourth-order valence-electron chi connectivity index (χ4n) is 1.44. The lowest BCUT2D eigenvalue weighted by atomic mass is 10.1. The summed E-state index contributed by atoms with van der Waals surface area (Å²) in [4.78, 5) is 0. The van der Waals surface area contributed by atoms with Crippen LogP contribution in [0.5, 0.6) is 0 Å². The van der Waals surface area contributed by atoms with Gasteiger partial charge in [-0.15, -0.1) is 0 Å². The molecule has 14 heavy (non-hydrogen) atoms. The number of nitrogens with one attached hydrogen (secondary N) is 1. The van der Waals surface area contributed by atoms with Gasteiger partial charge in [-0.05, 0) is 13.0 Å². The van der Waals surface area contributed by atoms with Crippen LogP contribution in [0.2, 0.25) is 5.02 Å². The van der Waals surface area contributed by atoms with Crippen LogP contribution in [0.1, 0.15) is 32.4 Å². The Morgan fingerprint density at radius 1 is 1.29 bits per heavy atom. The Morgan fingerprint density at radius 3 is 2.50 bits per heavy atom. The van der Waals surface area contributed by atoms with Crippen molar-refractivity contribution in [3.05, 3.63) is 34.6 Å². The third kappa shape index (κ3) is 2.69. The van der Waals surface area contributed by atoms with E-state index in [-0.39, 0.29) is 16.9 Å². The lowest BCUT2D eigenvalue weighted by Crippen LogP contribution is -2.26. The molecule has 1 atom stereocenters. The van der Waals surface area contributed by atoms with E-state index in [0.717, 1.165) is 0 Å². The van der Waals surface area contributed by atoms with E-state index in [2.05, 4.69) is 5.32 Å². The molecule has 1 rings (SSSR count). The van der Waals surface area contributed by atoms with Crippen LogP contribution < -0.4 is 5.32 Å². The molecular formula is C11H15ClFN. The molecule has 0 aromatic heterocycles. The van der Waals surface area contributed by atoms with Gasteiger partial charge in [0.05, 0.1) is 5.02 Å². The highest BCUT2D eigenvalue weighted by molar-refractivity contribution is 6.30. The summed E-state index contributed by atoms with van der Waals surface area (Å²) in [6.07, 6.45) is 0. The van der Waals surface area contributed by atoms with Gasteiger partial charge in [-0.1, -0.05) is 37.6 Å². The molecule has 0 heterocycles. The normalized spacial score (nSPS) is 13.3. The van der Waals surface area contributed by atoms with E-state index < -0.39 is 0 Å². The van der Waals surface area contributed by atoms with Gasteiger partial charge in [-0.2, -0.15) is 0 Å². The van der Waals surface area contributed by atoms with Crippen molar-refractivity contribution in [2.75, 3.05) is 0 Å². The minimum atomic E-state index is -0.324. The monoisotopic (exact) mass is 215 g/mol. The largest absolute Gasteiger partial charge is 0.308 e. The fourth-order valence-corrected chi connectivity index (χ4v) is 1.63. The molecule has 0 aliphatic rings. The third-order valence-electron chi connectivity index (χ3n) is 2.03. The van der Waals surface area contributed by atoms with Gasteiger partial charge in [0.25, 0.3) is 0 Å². The predicted molar refractivity (Wildman–Crippen MR) is 58.1 cm³/mol. The lowest BCUT2D eigenvalue weighted by molar-refractivity contribution is 0.483. The number of hydrogen-bond donors (Lipinski definition) is 1. The first kappa shape index (κ1) is 11.5. The van der Waals surface area contributed by atoms with Crippen molar-refractivity contribution in [1.29, 1.82) is 0 Å². The highest BCUT2D eigenvalue weighted by atomic mass is 35.5. The van der Waals surface area contributed by atoms with Crippen LogP contribution in [0.15, 0.2) is 18.2 Å². The molecule has 0 fully saturated rings. The van der Waals surface area contributed by atoms with Crippen molar-refractivity contribution in [3.63, 3.8) is 0 Å². The summed E-state index contributed by atoms with van der Waals surface area (Å²) in [5, 5.41) is 3.41. The molecule has 0 aliphatic heterocycles. The molecule has 1 aromatic carbocycles.